The number of phenols is 1. The molecule has 0 aliphatic carbocycles. The molecule has 0 radical (unpaired) electrons. The van der Waals surface area contributed by atoms with Crippen molar-refractivity contribution in [3.05, 3.63) is 69.8 Å². The predicted molar refractivity (Wildman–Crippen MR) is 200 cm³/mol. The van der Waals surface area contributed by atoms with Crippen molar-refractivity contribution in [2.75, 3.05) is 33.8 Å². The molecule has 0 saturated carbocycles. The minimum absolute atomic E-state index is 0.0618. The van der Waals surface area contributed by atoms with Crippen LogP contribution >= 0.6 is 0 Å². The fourth-order valence-electron chi connectivity index (χ4n) is 7.15. The number of rotatable bonds is 12. The zero-order valence-electron chi connectivity index (χ0n) is 32.1. The number of piperidine rings is 1. The second kappa shape index (κ2) is 16.6. The third-order valence-corrected chi connectivity index (χ3v) is 11.0. The monoisotopic (exact) mass is 707 g/mol. The number of nitrogens with one attached hydrogen (secondary N) is 1. The molecule has 4 rings (SSSR count). The first kappa shape index (κ1) is 40.5. The first-order valence-corrected chi connectivity index (χ1v) is 18.4. The largest absolute Gasteiger partial charge is 0.508 e. The van der Waals surface area contributed by atoms with E-state index in [-0.39, 0.29) is 29.9 Å². The fourth-order valence-corrected chi connectivity index (χ4v) is 7.15. The van der Waals surface area contributed by atoms with Crippen molar-refractivity contribution < 1.29 is 34.8 Å². The Balaban J connectivity index is 1.48. The number of likely N-dealkylation sites (tertiary alicyclic amines) is 1. The fraction of sp³-hybridized carbons (Fsp3) is 0.610. The highest BCUT2D eigenvalue weighted by Crippen LogP contribution is 2.40. The molecule has 10 nitrogen and oxygen atoms in total. The SMILES string of the molecule is CCC(C)c1cc(O)c(C2CC(O)C(O)C(CO)O2)cc1Cc1ccc(C=CC(C)(C)C(=O)NC(C)(C)C(=O)N2CCC(N(C)C)CC2)cc1C. The molecule has 2 heterocycles. The number of benzene rings is 2. The van der Waals surface area contributed by atoms with Gasteiger partial charge in [0.2, 0.25) is 11.8 Å². The Labute approximate surface area is 304 Å². The van der Waals surface area contributed by atoms with Crippen molar-refractivity contribution in [2.45, 2.75) is 122 Å². The van der Waals surface area contributed by atoms with Crippen LogP contribution in [0, 0.1) is 12.3 Å². The van der Waals surface area contributed by atoms with Gasteiger partial charge in [-0.25, -0.2) is 0 Å². The Morgan fingerprint density at radius 3 is 2.33 bits per heavy atom. The van der Waals surface area contributed by atoms with Crippen LogP contribution < -0.4 is 5.32 Å². The molecule has 0 aromatic heterocycles. The summed E-state index contributed by atoms with van der Waals surface area (Å²) in [5.41, 5.74) is 3.82. The van der Waals surface area contributed by atoms with Gasteiger partial charge in [0.15, 0.2) is 0 Å². The number of carbonyl (C=O) groups excluding carboxylic acids is 2. The van der Waals surface area contributed by atoms with E-state index in [1.165, 1.54) is 0 Å². The van der Waals surface area contributed by atoms with Gasteiger partial charge in [0, 0.05) is 31.1 Å². The lowest BCUT2D eigenvalue weighted by Crippen LogP contribution is -2.59. The Bertz CT molecular complexity index is 1560. The molecule has 2 aliphatic rings. The van der Waals surface area contributed by atoms with Crippen LogP contribution in [0.1, 0.15) is 113 Å². The van der Waals surface area contributed by atoms with Crippen LogP contribution in [0.25, 0.3) is 6.08 Å². The van der Waals surface area contributed by atoms with Gasteiger partial charge >= 0.3 is 0 Å². The van der Waals surface area contributed by atoms with E-state index in [0.29, 0.717) is 31.1 Å². The summed E-state index contributed by atoms with van der Waals surface area (Å²) < 4.78 is 5.93. The van der Waals surface area contributed by atoms with Crippen LogP contribution in [0.4, 0.5) is 0 Å². The minimum atomic E-state index is -1.19. The van der Waals surface area contributed by atoms with Crippen molar-refractivity contribution in [3.63, 3.8) is 0 Å². The second-order valence-electron chi connectivity index (χ2n) is 16.0. The van der Waals surface area contributed by atoms with Gasteiger partial charge in [0.05, 0.1) is 24.2 Å². The number of amides is 2. The summed E-state index contributed by atoms with van der Waals surface area (Å²) in [5, 5.41) is 44.5. The Hall–Kier alpha value is -3.28. The zero-order chi connectivity index (χ0) is 37.8. The molecule has 2 fully saturated rings. The normalized spacial score (nSPS) is 22.8. The average Bonchev–Trinajstić information content (AvgIpc) is 3.09. The number of hydrogen-bond acceptors (Lipinski definition) is 8. The van der Waals surface area contributed by atoms with Crippen LogP contribution in [0.5, 0.6) is 5.75 Å². The summed E-state index contributed by atoms with van der Waals surface area (Å²) in [6, 6.07) is 10.4. The molecule has 10 heteroatoms. The van der Waals surface area contributed by atoms with Gasteiger partial charge in [-0.2, -0.15) is 0 Å². The maximum Gasteiger partial charge on any atom is 0.247 e. The maximum absolute atomic E-state index is 13.5. The van der Waals surface area contributed by atoms with Crippen molar-refractivity contribution in [2.24, 2.45) is 5.41 Å². The molecule has 282 valence electrons. The first-order valence-electron chi connectivity index (χ1n) is 18.4. The quantitative estimate of drug-likeness (QED) is 0.211. The van der Waals surface area contributed by atoms with Gasteiger partial charge in [-0.3, -0.25) is 9.59 Å². The topological polar surface area (TPSA) is 143 Å². The molecule has 5 atom stereocenters. The van der Waals surface area contributed by atoms with Gasteiger partial charge in [0.25, 0.3) is 0 Å². The molecular formula is C41H61N3O7. The van der Waals surface area contributed by atoms with Gasteiger partial charge in [-0.1, -0.05) is 44.2 Å². The number of ether oxygens (including phenoxy) is 1. The molecule has 51 heavy (non-hydrogen) atoms. The van der Waals surface area contributed by atoms with E-state index in [9.17, 15) is 30.0 Å². The summed E-state index contributed by atoms with van der Waals surface area (Å²) in [4.78, 5) is 31.0. The summed E-state index contributed by atoms with van der Waals surface area (Å²) >= 11 is 0. The summed E-state index contributed by atoms with van der Waals surface area (Å²) in [6.45, 7) is 14.5. The number of phenolic OH excluding ortho intramolecular Hbond substituents is 1. The van der Waals surface area contributed by atoms with E-state index in [4.69, 9.17) is 4.74 Å². The third kappa shape index (κ3) is 9.59. The first-order chi connectivity index (χ1) is 23.9. The van der Waals surface area contributed by atoms with Crippen molar-refractivity contribution in [3.8, 4) is 5.75 Å². The van der Waals surface area contributed by atoms with Gasteiger partial charge < -0.3 is 40.3 Å². The van der Waals surface area contributed by atoms with E-state index in [1.54, 1.807) is 19.9 Å². The van der Waals surface area contributed by atoms with Crippen LogP contribution in [0.15, 0.2) is 36.4 Å². The van der Waals surface area contributed by atoms with Crippen LogP contribution in [-0.4, -0.2) is 106 Å². The average molecular weight is 708 g/mol. The number of aromatic hydroxyl groups is 1. The van der Waals surface area contributed by atoms with E-state index in [2.05, 4.69) is 57.2 Å². The molecule has 5 unspecified atom stereocenters. The number of aliphatic hydroxyl groups is 3. The highest BCUT2D eigenvalue weighted by atomic mass is 16.5. The number of aryl methyl sites for hydroxylation is 1. The lowest BCUT2D eigenvalue weighted by molar-refractivity contribution is -0.181. The lowest BCUT2D eigenvalue weighted by atomic mass is 9.85. The highest BCUT2D eigenvalue weighted by molar-refractivity contribution is 5.93. The molecule has 0 spiro atoms. The minimum Gasteiger partial charge on any atom is -0.508 e. The molecule has 2 aromatic carbocycles. The Kier molecular flexibility index (Phi) is 13.2. The molecule has 2 aliphatic heterocycles. The molecule has 0 bridgehead atoms. The van der Waals surface area contributed by atoms with Crippen molar-refractivity contribution in [1.82, 2.24) is 15.1 Å². The van der Waals surface area contributed by atoms with E-state index < -0.39 is 42.0 Å². The molecule has 2 saturated heterocycles. The maximum atomic E-state index is 13.5. The smallest absolute Gasteiger partial charge is 0.247 e. The second-order valence-corrected chi connectivity index (χ2v) is 16.0. The Morgan fingerprint density at radius 2 is 1.75 bits per heavy atom. The standard InChI is InChI=1S/C41H61N3O7/c1-10-25(2)31-22-33(46)32(35-23-34(47)37(48)36(24-45)51-35)21-29(31)20-28-12-11-27(19-26(28)3)13-16-40(4,5)38(49)42-41(6,7)39(50)44-17-14-30(15-18-44)43(8)9/h11-13,16,19,21-22,25,30,34-37,45-48H,10,14-15,17-18,20,23-24H2,1-9H3,(H,42,49). The lowest BCUT2D eigenvalue weighted by Gasteiger charge is -2.39. The number of aliphatic hydroxyl groups excluding tert-OH is 3. The summed E-state index contributed by atoms with van der Waals surface area (Å²) in [5.74, 6) is -0.0197. The van der Waals surface area contributed by atoms with Crippen LogP contribution in [0.2, 0.25) is 0 Å². The van der Waals surface area contributed by atoms with Gasteiger partial charge in [-0.05, 0) is 120 Å². The highest BCUT2D eigenvalue weighted by Gasteiger charge is 2.39. The zero-order valence-corrected chi connectivity index (χ0v) is 32.1. The summed E-state index contributed by atoms with van der Waals surface area (Å²) in [6.07, 6.45) is 3.35. The van der Waals surface area contributed by atoms with Crippen LogP contribution in [0.3, 0.4) is 0 Å². The van der Waals surface area contributed by atoms with E-state index in [0.717, 1.165) is 47.1 Å². The Morgan fingerprint density at radius 1 is 1.08 bits per heavy atom. The van der Waals surface area contributed by atoms with E-state index in [1.807, 2.05) is 43.0 Å². The molecular weight excluding hydrogens is 646 g/mol. The molecule has 5 N–H and O–H groups in total. The van der Waals surface area contributed by atoms with Gasteiger partial charge in [0.1, 0.15) is 23.5 Å². The van der Waals surface area contributed by atoms with Crippen molar-refractivity contribution in [1.29, 1.82) is 0 Å². The summed E-state index contributed by atoms with van der Waals surface area (Å²) in [7, 11) is 4.14. The number of hydrogen-bond donors (Lipinski definition) is 5. The van der Waals surface area contributed by atoms with E-state index >= 15 is 0 Å². The van der Waals surface area contributed by atoms with Crippen LogP contribution in [-0.2, 0) is 20.7 Å². The predicted octanol–water partition coefficient (Wildman–Crippen LogP) is 4.84. The molecule has 2 amide bonds. The molecule has 2 aromatic rings. The van der Waals surface area contributed by atoms with Gasteiger partial charge in [-0.15, -0.1) is 0 Å². The number of nitrogens with zero attached hydrogens (tertiary/aromatic N) is 2. The number of carbonyl (C=O) groups is 2. The van der Waals surface area contributed by atoms with Crippen molar-refractivity contribution >= 4 is 17.9 Å². The third-order valence-electron chi connectivity index (χ3n) is 11.0.